The zero-order valence-electron chi connectivity index (χ0n) is 12.3. The second kappa shape index (κ2) is 6.42. The van der Waals surface area contributed by atoms with Crippen molar-refractivity contribution in [1.29, 1.82) is 0 Å². The largest absolute Gasteiger partial charge is 0.390 e. The maximum atomic E-state index is 10.3. The van der Waals surface area contributed by atoms with Crippen LogP contribution in [0.25, 0.3) is 0 Å². The summed E-state index contributed by atoms with van der Waals surface area (Å²) in [6, 6.07) is -0.439. The minimum atomic E-state index is -1.09. The van der Waals surface area contributed by atoms with E-state index in [0.717, 1.165) is 24.7 Å². The first-order valence-corrected chi connectivity index (χ1v) is 8.69. The predicted molar refractivity (Wildman–Crippen MR) is 81.2 cm³/mol. The molecule has 0 radical (unpaired) electrons. The molecule has 0 aromatic carbocycles. The molecule has 3 aliphatic heterocycles. The molecule has 3 rings (SSSR count). The highest BCUT2D eigenvalue weighted by molar-refractivity contribution is 8.14. The molecule has 3 N–H and O–H groups in total. The molecular weight excluding hydrogens is 292 g/mol. The summed E-state index contributed by atoms with van der Waals surface area (Å²) in [6.45, 7) is 3.95. The van der Waals surface area contributed by atoms with Crippen molar-refractivity contribution in [3.8, 4) is 0 Å². The molecule has 1 unspecified atom stereocenters. The van der Waals surface area contributed by atoms with Gasteiger partial charge in [0.1, 0.15) is 29.8 Å². The topological polar surface area (TPSA) is 85.5 Å². The number of nitrogens with zero attached hydrogens (tertiary/aromatic N) is 2. The van der Waals surface area contributed by atoms with Gasteiger partial charge in [0.05, 0.1) is 6.10 Å². The summed E-state index contributed by atoms with van der Waals surface area (Å²) in [6.07, 6.45) is 0.135. The van der Waals surface area contributed by atoms with E-state index in [9.17, 15) is 15.3 Å². The lowest BCUT2D eigenvalue weighted by atomic mass is 9.93. The molecule has 21 heavy (non-hydrogen) atoms. The average Bonchev–Trinajstić information content (AvgIpc) is 3.11. The summed E-state index contributed by atoms with van der Waals surface area (Å²) in [4.78, 5) is 6.76. The van der Waals surface area contributed by atoms with Crippen LogP contribution in [0.1, 0.15) is 32.6 Å². The zero-order chi connectivity index (χ0) is 15.0. The molecular formula is C14H24N2O4S. The van der Waals surface area contributed by atoms with Gasteiger partial charge in [-0.1, -0.05) is 25.1 Å². The molecule has 0 saturated carbocycles. The van der Waals surface area contributed by atoms with Crippen LogP contribution in [0.3, 0.4) is 0 Å². The molecule has 0 aromatic heterocycles. The number of hydrogen-bond donors (Lipinski definition) is 3. The number of thioether (sulfide) groups is 1. The van der Waals surface area contributed by atoms with Gasteiger partial charge < -0.3 is 25.0 Å². The van der Waals surface area contributed by atoms with E-state index in [0.29, 0.717) is 6.42 Å². The van der Waals surface area contributed by atoms with E-state index in [2.05, 4.69) is 9.89 Å². The van der Waals surface area contributed by atoms with Crippen molar-refractivity contribution in [1.82, 2.24) is 4.90 Å². The Morgan fingerprint density at radius 3 is 2.71 bits per heavy atom. The molecule has 0 amide bonds. The fourth-order valence-electron chi connectivity index (χ4n) is 3.21. The second-order valence-electron chi connectivity index (χ2n) is 6.02. The highest BCUT2D eigenvalue weighted by Crippen LogP contribution is 2.39. The molecule has 6 nitrogen and oxygen atoms in total. The number of likely N-dealkylation sites (tertiary alicyclic amines) is 1. The van der Waals surface area contributed by atoms with E-state index >= 15 is 0 Å². The maximum absolute atomic E-state index is 10.3. The maximum Gasteiger partial charge on any atom is 0.162 e. The van der Waals surface area contributed by atoms with Gasteiger partial charge in [0.2, 0.25) is 0 Å². The number of amidine groups is 1. The second-order valence-corrected chi connectivity index (χ2v) is 7.09. The van der Waals surface area contributed by atoms with Crippen LogP contribution in [0.2, 0.25) is 0 Å². The Kier molecular flexibility index (Phi) is 4.75. The fourth-order valence-corrected chi connectivity index (χ4v) is 4.48. The molecule has 2 fully saturated rings. The lowest BCUT2D eigenvalue weighted by Crippen LogP contribution is -2.58. The third-order valence-corrected chi connectivity index (χ3v) is 5.62. The van der Waals surface area contributed by atoms with Crippen molar-refractivity contribution in [2.45, 2.75) is 68.5 Å². The molecule has 3 heterocycles. The van der Waals surface area contributed by atoms with Crippen molar-refractivity contribution in [2.24, 2.45) is 4.99 Å². The van der Waals surface area contributed by atoms with Gasteiger partial charge in [0.25, 0.3) is 0 Å². The van der Waals surface area contributed by atoms with Gasteiger partial charge in [-0.25, -0.2) is 0 Å². The lowest BCUT2D eigenvalue weighted by Gasteiger charge is -2.40. The summed E-state index contributed by atoms with van der Waals surface area (Å²) < 4.78 is 5.86. The number of fused-ring (bicyclic) bond motifs is 1. The van der Waals surface area contributed by atoms with Crippen molar-refractivity contribution in [2.75, 3.05) is 13.1 Å². The highest BCUT2D eigenvalue weighted by Gasteiger charge is 2.50. The summed E-state index contributed by atoms with van der Waals surface area (Å²) in [5.41, 5.74) is -0.310. The smallest absolute Gasteiger partial charge is 0.162 e. The van der Waals surface area contributed by atoms with E-state index in [1.165, 1.54) is 24.6 Å². The molecule has 3 aliphatic rings. The summed E-state index contributed by atoms with van der Waals surface area (Å²) in [5, 5.41) is 31.5. The summed E-state index contributed by atoms with van der Waals surface area (Å²) in [7, 11) is 0. The third kappa shape index (κ3) is 2.94. The first kappa shape index (κ1) is 15.6. The van der Waals surface area contributed by atoms with Crippen molar-refractivity contribution in [3.63, 3.8) is 0 Å². The minimum Gasteiger partial charge on any atom is -0.390 e. The Hall–Kier alpha value is -0.340. The Balaban J connectivity index is 1.70. The molecule has 0 aromatic rings. The first-order chi connectivity index (χ1) is 10.1. The summed E-state index contributed by atoms with van der Waals surface area (Å²) >= 11 is 1.51. The molecule has 6 atom stereocenters. The SMILES string of the molecule is CCC[C@@H](O)C1O[C@@H]2SC(N3CCCC3)=N[C@@H]2[C@@H](O)[C@@H]1O. The van der Waals surface area contributed by atoms with Gasteiger partial charge in [-0.2, -0.15) is 0 Å². The van der Waals surface area contributed by atoms with E-state index in [1.54, 1.807) is 0 Å². The van der Waals surface area contributed by atoms with Gasteiger partial charge in [-0.3, -0.25) is 4.99 Å². The van der Waals surface area contributed by atoms with E-state index in [1.807, 2.05) is 6.92 Å². The van der Waals surface area contributed by atoms with Gasteiger partial charge in [0.15, 0.2) is 5.17 Å². The van der Waals surface area contributed by atoms with Crippen molar-refractivity contribution < 1.29 is 20.1 Å². The number of hydrogen-bond acceptors (Lipinski definition) is 7. The monoisotopic (exact) mass is 316 g/mol. The minimum absolute atomic E-state index is 0.310. The highest BCUT2D eigenvalue weighted by atomic mass is 32.2. The fraction of sp³-hybridized carbons (Fsp3) is 0.929. The molecule has 7 heteroatoms. The number of aliphatic imine (C=N–C) groups is 1. The van der Waals surface area contributed by atoms with Gasteiger partial charge in [-0.05, 0) is 19.3 Å². The van der Waals surface area contributed by atoms with Crippen molar-refractivity contribution >= 4 is 16.9 Å². The number of aliphatic hydroxyl groups is 3. The Labute approximate surface area is 129 Å². The van der Waals surface area contributed by atoms with Crippen LogP contribution in [0, 0.1) is 0 Å². The van der Waals surface area contributed by atoms with Crippen LogP contribution in [0.4, 0.5) is 0 Å². The normalized spacial score (nSPS) is 41.0. The Morgan fingerprint density at radius 2 is 2.05 bits per heavy atom. The predicted octanol–water partition coefficient (Wildman–Crippen LogP) is 0.161. The van der Waals surface area contributed by atoms with E-state index < -0.39 is 30.5 Å². The van der Waals surface area contributed by atoms with Crippen molar-refractivity contribution in [3.05, 3.63) is 0 Å². The number of ether oxygens (including phenoxy) is 1. The van der Waals surface area contributed by atoms with Crippen LogP contribution in [-0.4, -0.2) is 74.4 Å². The van der Waals surface area contributed by atoms with Crippen LogP contribution in [0.5, 0.6) is 0 Å². The average molecular weight is 316 g/mol. The molecule has 0 aliphatic carbocycles. The van der Waals surface area contributed by atoms with E-state index in [-0.39, 0.29) is 5.44 Å². The number of aliphatic hydroxyl groups excluding tert-OH is 3. The van der Waals surface area contributed by atoms with Crippen LogP contribution >= 0.6 is 11.8 Å². The first-order valence-electron chi connectivity index (χ1n) is 7.81. The van der Waals surface area contributed by atoms with Gasteiger partial charge >= 0.3 is 0 Å². The standard InChI is InChI=1S/C14H24N2O4S/c1-2-5-8(17)12-11(19)10(18)9-13(20-12)21-14(15-9)16-6-3-4-7-16/h8-13,17-19H,2-7H2,1H3/t8-,9-,10-,11+,12?,13-/m1/s1. The Bertz CT molecular complexity index is 402. The lowest BCUT2D eigenvalue weighted by molar-refractivity contribution is -0.185. The molecule has 0 spiro atoms. The Morgan fingerprint density at radius 1 is 1.33 bits per heavy atom. The molecule has 2 saturated heterocycles. The molecule has 0 bridgehead atoms. The zero-order valence-corrected chi connectivity index (χ0v) is 13.1. The summed E-state index contributed by atoms with van der Waals surface area (Å²) in [5.74, 6) is 0. The third-order valence-electron chi connectivity index (χ3n) is 4.43. The van der Waals surface area contributed by atoms with Crippen LogP contribution in [0.15, 0.2) is 4.99 Å². The van der Waals surface area contributed by atoms with E-state index in [4.69, 9.17) is 4.74 Å². The van der Waals surface area contributed by atoms with Gasteiger partial charge in [0, 0.05) is 13.1 Å². The molecule has 120 valence electrons. The van der Waals surface area contributed by atoms with Crippen LogP contribution in [-0.2, 0) is 4.74 Å². The number of rotatable bonds is 3. The van der Waals surface area contributed by atoms with Gasteiger partial charge in [-0.15, -0.1) is 0 Å². The quantitative estimate of drug-likeness (QED) is 0.688. The van der Waals surface area contributed by atoms with Crippen LogP contribution < -0.4 is 0 Å².